The smallest absolute Gasteiger partial charge is 0.257 e. The highest BCUT2D eigenvalue weighted by Crippen LogP contribution is 2.27. The Morgan fingerprint density at radius 1 is 1.30 bits per heavy atom. The largest absolute Gasteiger partial charge is 0.497 e. The van der Waals surface area contributed by atoms with Gasteiger partial charge >= 0.3 is 0 Å². The van der Waals surface area contributed by atoms with Crippen LogP contribution in [0.1, 0.15) is 23.2 Å². The van der Waals surface area contributed by atoms with Crippen LogP contribution in [0.25, 0.3) is 0 Å². The quantitative estimate of drug-likeness (QED) is 0.846. The summed E-state index contributed by atoms with van der Waals surface area (Å²) in [5.41, 5.74) is 0.502. The van der Waals surface area contributed by atoms with E-state index in [0.29, 0.717) is 30.2 Å². The van der Waals surface area contributed by atoms with Crippen LogP contribution in [0.5, 0.6) is 11.5 Å². The number of benzene rings is 1. The van der Waals surface area contributed by atoms with Crippen molar-refractivity contribution in [3.8, 4) is 17.6 Å². The highest BCUT2D eigenvalue weighted by atomic mass is 16.5. The third-order valence-electron chi connectivity index (χ3n) is 3.60. The minimum absolute atomic E-state index is 0.0613. The van der Waals surface area contributed by atoms with Gasteiger partial charge in [0.1, 0.15) is 11.5 Å². The van der Waals surface area contributed by atoms with Crippen molar-refractivity contribution in [2.24, 2.45) is 5.92 Å². The first kappa shape index (κ1) is 14.2. The Morgan fingerprint density at radius 2 is 2.00 bits per heavy atom. The Kier molecular flexibility index (Phi) is 4.46. The van der Waals surface area contributed by atoms with Crippen LogP contribution >= 0.6 is 0 Å². The summed E-state index contributed by atoms with van der Waals surface area (Å²) in [5, 5.41) is 8.89. The molecule has 0 radical (unpaired) electrons. The molecular formula is C15H18N2O3. The fourth-order valence-corrected chi connectivity index (χ4v) is 2.36. The van der Waals surface area contributed by atoms with Gasteiger partial charge in [0.2, 0.25) is 0 Å². The molecule has 1 aromatic carbocycles. The lowest BCUT2D eigenvalue weighted by atomic mass is 9.98. The number of nitriles is 1. The average Bonchev–Trinajstić information content (AvgIpc) is 2.53. The van der Waals surface area contributed by atoms with Crippen molar-refractivity contribution in [2.75, 3.05) is 27.3 Å². The molecule has 1 heterocycles. The van der Waals surface area contributed by atoms with E-state index in [0.717, 1.165) is 12.8 Å². The van der Waals surface area contributed by atoms with Gasteiger partial charge in [-0.2, -0.15) is 5.26 Å². The Hall–Kier alpha value is -2.22. The molecule has 0 saturated carbocycles. The molecule has 1 aromatic rings. The summed E-state index contributed by atoms with van der Waals surface area (Å²) in [7, 11) is 3.11. The normalized spacial score (nSPS) is 15.6. The Morgan fingerprint density at radius 3 is 2.55 bits per heavy atom. The van der Waals surface area contributed by atoms with Gasteiger partial charge in [-0.05, 0) is 31.0 Å². The summed E-state index contributed by atoms with van der Waals surface area (Å²) in [6, 6.07) is 7.44. The van der Waals surface area contributed by atoms with Crippen LogP contribution in [0.3, 0.4) is 0 Å². The molecule has 0 unspecified atom stereocenters. The maximum Gasteiger partial charge on any atom is 0.257 e. The van der Waals surface area contributed by atoms with Crippen LogP contribution in [0, 0.1) is 17.2 Å². The van der Waals surface area contributed by atoms with Crippen molar-refractivity contribution in [3.63, 3.8) is 0 Å². The monoisotopic (exact) mass is 274 g/mol. The van der Waals surface area contributed by atoms with Crippen molar-refractivity contribution < 1.29 is 14.3 Å². The molecule has 1 saturated heterocycles. The van der Waals surface area contributed by atoms with E-state index >= 15 is 0 Å². The summed E-state index contributed by atoms with van der Waals surface area (Å²) < 4.78 is 10.4. The molecule has 5 heteroatoms. The van der Waals surface area contributed by atoms with Crippen molar-refractivity contribution in [3.05, 3.63) is 23.8 Å². The number of carbonyl (C=O) groups is 1. The van der Waals surface area contributed by atoms with E-state index < -0.39 is 0 Å². The van der Waals surface area contributed by atoms with Gasteiger partial charge in [-0.3, -0.25) is 4.79 Å². The Bertz CT molecular complexity index is 528. The number of ether oxygens (including phenoxy) is 2. The lowest BCUT2D eigenvalue weighted by Crippen LogP contribution is -2.38. The molecule has 0 atom stereocenters. The number of piperidine rings is 1. The summed E-state index contributed by atoms with van der Waals surface area (Å²) in [4.78, 5) is 14.3. The van der Waals surface area contributed by atoms with Gasteiger partial charge in [0.25, 0.3) is 5.91 Å². The molecule has 1 aliphatic heterocycles. The first-order chi connectivity index (χ1) is 9.69. The first-order valence-corrected chi connectivity index (χ1v) is 6.60. The number of methoxy groups -OCH3 is 2. The predicted molar refractivity (Wildman–Crippen MR) is 73.8 cm³/mol. The van der Waals surface area contributed by atoms with Crippen LogP contribution < -0.4 is 9.47 Å². The number of rotatable bonds is 3. The number of amides is 1. The van der Waals surface area contributed by atoms with E-state index in [1.165, 1.54) is 0 Å². The summed E-state index contributed by atoms with van der Waals surface area (Å²) in [5.74, 6) is 1.16. The zero-order valence-electron chi connectivity index (χ0n) is 11.8. The molecule has 106 valence electrons. The van der Waals surface area contributed by atoms with Crippen molar-refractivity contribution in [1.29, 1.82) is 5.26 Å². The highest BCUT2D eigenvalue weighted by molar-refractivity contribution is 5.97. The second-order valence-electron chi connectivity index (χ2n) is 4.76. The highest BCUT2D eigenvalue weighted by Gasteiger charge is 2.25. The molecular weight excluding hydrogens is 256 g/mol. The molecule has 20 heavy (non-hydrogen) atoms. The van der Waals surface area contributed by atoms with Gasteiger partial charge in [0.05, 0.1) is 25.9 Å². The van der Waals surface area contributed by atoms with Crippen molar-refractivity contribution in [2.45, 2.75) is 12.8 Å². The minimum Gasteiger partial charge on any atom is -0.497 e. The standard InChI is InChI=1S/C15H18N2O3/c1-19-12-3-4-14(20-2)13(9-12)15(18)17-7-5-11(10-16)6-8-17/h3-4,9,11H,5-8H2,1-2H3. The average molecular weight is 274 g/mol. The maximum absolute atomic E-state index is 12.6. The van der Waals surface area contributed by atoms with E-state index in [1.807, 2.05) is 0 Å². The molecule has 0 N–H and O–H groups in total. The molecule has 0 bridgehead atoms. The molecule has 0 spiro atoms. The zero-order valence-corrected chi connectivity index (χ0v) is 11.8. The van der Waals surface area contributed by atoms with E-state index in [9.17, 15) is 4.79 Å². The van der Waals surface area contributed by atoms with Crippen molar-refractivity contribution in [1.82, 2.24) is 4.90 Å². The molecule has 1 amide bonds. The number of likely N-dealkylation sites (tertiary alicyclic amines) is 1. The van der Waals surface area contributed by atoms with Gasteiger partial charge < -0.3 is 14.4 Å². The summed E-state index contributed by atoms with van der Waals surface area (Å²) in [6.45, 7) is 1.22. The van der Waals surface area contributed by atoms with Crippen molar-refractivity contribution >= 4 is 5.91 Å². The first-order valence-electron chi connectivity index (χ1n) is 6.60. The summed E-state index contributed by atoms with van der Waals surface area (Å²) >= 11 is 0. The van der Waals surface area contributed by atoms with Crippen LogP contribution in [0.2, 0.25) is 0 Å². The van der Waals surface area contributed by atoms with Crippen LogP contribution in [0.4, 0.5) is 0 Å². The Labute approximate surface area is 118 Å². The second-order valence-corrected chi connectivity index (χ2v) is 4.76. The maximum atomic E-state index is 12.6. The fraction of sp³-hybridized carbons (Fsp3) is 0.467. The zero-order chi connectivity index (χ0) is 14.5. The molecule has 1 fully saturated rings. The number of nitrogens with zero attached hydrogens (tertiary/aromatic N) is 2. The third kappa shape index (κ3) is 2.85. The van der Waals surface area contributed by atoms with Crippen LogP contribution in [-0.4, -0.2) is 38.1 Å². The predicted octanol–water partition coefficient (Wildman–Crippen LogP) is 2.08. The van der Waals surface area contributed by atoms with Gasteiger partial charge in [-0.1, -0.05) is 0 Å². The Balaban J connectivity index is 2.18. The lowest BCUT2D eigenvalue weighted by molar-refractivity contribution is 0.0703. The molecule has 0 aliphatic carbocycles. The molecule has 5 nitrogen and oxygen atoms in total. The van der Waals surface area contributed by atoms with E-state index in [2.05, 4.69) is 6.07 Å². The molecule has 1 aliphatic rings. The van der Waals surface area contributed by atoms with E-state index in [-0.39, 0.29) is 11.8 Å². The van der Waals surface area contributed by atoms with E-state index in [1.54, 1.807) is 37.3 Å². The second kappa shape index (κ2) is 6.29. The third-order valence-corrected chi connectivity index (χ3v) is 3.60. The van der Waals surface area contributed by atoms with Gasteiger partial charge in [-0.25, -0.2) is 0 Å². The van der Waals surface area contributed by atoms with Crippen LogP contribution in [-0.2, 0) is 0 Å². The van der Waals surface area contributed by atoms with Gasteiger partial charge in [0.15, 0.2) is 0 Å². The topological polar surface area (TPSA) is 62.6 Å². The number of hydrogen-bond acceptors (Lipinski definition) is 4. The SMILES string of the molecule is COc1ccc(OC)c(C(=O)N2CCC(C#N)CC2)c1. The van der Waals surface area contributed by atoms with E-state index in [4.69, 9.17) is 14.7 Å². The van der Waals surface area contributed by atoms with Gasteiger partial charge in [-0.15, -0.1) is 0 Å². The lowest BCUT2D eigenvalue weighted by Gasteiger charge is -2.29. The van der Waals surface area contributed by atoms with Gasteiger partial charge in [0, 0.05) is 19.0 Å². The number of hydrogen-bond donors (Lipinski definition) is 0. The molecule has 0 aromatic heterocycles. The molecule has 2 rings (SSSR count). The summed E-state index contributed by atoms with van der Waals surface area (Å²) in [6.07, 6.45) is 1.46. The number of carbonyl (C=O) groups excluding carboxylic acids is 1. The minimum atomic E-state index is -0.0721. The fourth-order valence-electron chi connectivity index (χ4n) is 2.36. The van der Waals surface area contributed by atoms with Crippen LogP contribution in [0.15, 0.2) is 18.2 Å².